The quantitative estimate of drug-likeness (QED) is 0.399. The zero-order valence-electron chi connectivity index (χ0n) is 10.9. The second-order valence-electron chi connectivity index (χ2n) is 3.39. The Hall–Kier alpha value is -1.64. The second-order valence-corrected chi connectivity index (χ2v) is 3.95. The van der Waals surface area contributed by atoms with Gasteiger partial charge < -0.3 is 14.2 Å². The Morgan fingerprint density at radius 3 is 1.47 bits per heavy atom. The van der Waals surface area contributed by atoms with Crippen molar-refractivity contribution in [3.63, 3.8) is 0 Å². The summed E-state index contributed by atoms with van der Waals surface area (Å²) in [6.45, 7) is 3.02. The van der Waals surface area contributed by atoms with Gasteiger partial charge in [-0.3, -0.25) is 19.2 Å². The van der Waals surface area contributed by atoms with Crippen LogP contribution in [0.15, 0.2) is 0 Å². The minimum atomic E-state index is -2.55. The van der Waals surface area contributed by atoms with Gasteiger partial charge in [-0.15, -0.1) is 0 Å². The molecule has 0 N–H and O–H groups in total. The van der Waals surface area contributed by atoms with Crippen LogP contribution in [-0.2, 0) is 33.4 Å². The van der Waals surface area contributed by atoms with Crippen LogP contribution in [0, 0.1) is 0 Å². The first-order valence-corrected chi connectivity index (χ1v) is 6.18. The van der Waals surface area contributed by atoms with Crippen LogP contribution >= 0.6 is 15.9 Å². The molecule has 0 aromatic carbocycles. The molecular weight excluding hydrogens is 326 g/mol. The first kappa shape index (κ1) is 17.4. The summed E-state index contributed by atoms with van der Waals surface area (Å²) in [5.74, 6) is -3.35. The van der Waals surface area contributed by atoms with Gasteiger partial charge in [0.05, 0.1) is 5.33 Å². The lowest BCUT2D eigenvalue weighted by atomic mass is 10.5. The van der Waals surface area contributed by atoms with Crippen molar-refractivity contribution < 1.29 is 33.4 Å². The van der Waals surface area contributed by atoms with Crippen molar-refractivity contribution in [3.8, 4) is 0 Å². The molecule has 0 radical (unpaired) electrons. The Morgan fingerprint density at radius 1 is 0.947 bits per heavy atom. The zero-order chi connectivity index (χ0) is 15.2. The maximum atomic E-state index is 11.6. The van der Waals surface area contributed by atoms with Crippen LogP contribution in [0.2, 0.25) is 0 Å². The number of hydrogen-bond donors (Lipinski definition) is 0. The molecule has 0 rings (SSSR count). The summed E-state index contributed by atoms with van der Waals surface area (Å²) >= 11 is 2.89. The van der Waals surface area contributed by atoms with Crippen LogP contribution in [0.5, 0.6) is 0 Å². The normalized spacial score (nSPS) is 10.4. The molecule has 19 heavy (non-hydrogen) atoms. The lowest BCUT2D eigenvalue weighted by Gasteiger charge is -2.35. The third-order valence-corrected chi connectivity index (χ3v) is 2.20. The van der Waals surface area contributed by atoms with Crippen molar-refractivity contribution >= 4 is 39.7 Å². The molecule has 0 saturated carbocycles. The molecule has 0 aromatic rings. The smallest absolute Gasteiger partial charge is 0.369 e. The SMILES string of the molecule is CC(=O)OC(OC(C)=O)(OC(C)=O)N(C)C(=O)CBr. The monoisotopic (exact) mass is 339 g/mol. The molecular formula is C10H14BrNO7. The minimum absolute atomic E-state index is 0.158. The zero-order valence-corrected chi connectivity index (χ0v) is 12.5. The van der Waals surface area contributed by atoms with E-state index < -0.39 is 29.9 Å². The summed E-state index contributed by atoms with van der Waals surface area (Å²) in [6, 6.07) is 0. The van der Waals surface area contributed by atoms with Crippen LogP contribution in [0.1, 0.15) is 20.8 Å². The fraction of sp³-hybridized carbons (Fsp3) is 0.600. The van der Waals surface area contributed by atoms with Crippen molar-refractivity contribution in [2.45, 2.75) is 26.9 Å². The molecule has 0 spiro atoms. The average molecular weight is 340 g/mol. The minimum Gasteiger partial charge on any atom is -0.369 e. The lowest BCUT2D eigenvalue weighted by molar-refractivity contribution is -0.379. The molecule has 0 saturated heterocycles. The summed E-state index contributed by atoms with van der Waals surface area (Å²) in [5.41, 5.74) is 0. The number of carbonyl (C=O) groups excluding carboxylic acids is 4. The van der Waals surface area contributed by atoms with E-state index >= 15 is 0 Å². The van der Waals surface area contributed by atoms with E-state index in [9.17, 15) is 19.2 Å². The first-order chi connectivity index (χ1) is 8.64. The summed E-state index contributed by atoms with van der Waals surface area (Å²) in [7, 11) is 1.15. The Labute approximate surface area is 118 Å². The Bertz CT molecular complexity index is 355. The van der Waals surface area contributed by atoms with E-state index in [1.54, 1.807) is 0 Å². The molecule has 0 atom stereocenters. The van der Waals surface area contributed by atoms with Crippen molar-refractivity contribution in [3.05, 3.63) is 0 Å². The number of carbonyl (C=O) groups is 4. The van der Waals surface area contributed by atoms with Gasteiger partial charge in [0.15, 0.2) is 0 Å². The Morgan fingerprint density at radius 2 is 1.26 bits per heavy atom. The highest BCUT2D eigenvalue weighted by Gasteiger charge is 2.49. The highest BCUT2D eigenvalue weighted by atomic mass is 79.9. The molecule has 108 valence electrons. The molecule has 0 heterocycles. The average Bonchev–Trinajstić information content (AvgIpc) is 2.23. The number of ether oxygens (including phenoxy) is 3. The third kappa shape index (κ3) is 5.25. The van der Waals surface area contributed by atoms with Gasteiger partial charge in [0.25, 0.3) is 0 Å². The maximum Gasteiger partial charge on any atom is 0.528 e. The Kier molecular flexibility index (Phi) is 6.46. The van der Waals surface area contributed by atoms with Crippen molar-refractivity contribution in [2.75, 3.05) is 12.4 Å². The molecule has 0 bridgehead atoms. The van der Waals surface area contributed by atoms with E-state index in [1.165, 1.54) is 0 Å². The molecule has 0 unspecified atom stereocenters. The number of rotatable bonds is 5. The van der Waals surface area contributed by atoms with Gasteiger partial charge in [-0.05, 0) is 0 Å². The lowest BCUT2D eigenvalue weighted by Crippen LogP contribution is -2.58. The van der Waals surface area contributed by atoms with E-state index in [0.29, 0.717) is 4.90 Å². The second kappa shape index (κ2) is 7.07. The van der Waals surface area contributed by atoms with Crippen molar-refractivity contribution in [1.29, 1.82) is 0 Å². The summed E-state index contributed by atoms with van der Waals surface area (Å²) in [6.07, 6.45) is -2.55. The van der Waals surface area contributed by atoms with Crippen LogP contribution in [0.4, 0.5) is 0 Å². The standard InChI is InChI=1S/C10H14BrNO7/c1-6(13)17-10(18-7(2)14,19-8(3)15)12(4)9(16)5-11/h5H2,1-4H3. The molecule has 0 aliphatic heterocycles. The van der Waals surface area contributed by atoms with Gasteiger partial charge in [0.2, 0.25) is 5.91 Å². The van der Waals surface area contributed by atoms with Crippen LogP contribution in [0.3, 0.4) is 0 Å². The molecule has 8 nitrogen and oxygen atoms in total. The summed E-state index contributed by atoms with van der Waals surface area (Å²) in [5, 5.41) is -0.158. The van der Waals surface area contributed by atoms with Gasteiger partial charge >= 0.3 is 24.0 Å². The molecule has 0 fully saturated rings. The molecule has 0 aliphatic rings. The number of alkyl halides is 1. The van der Waals surface area contributed by atoms with Gasteiger partial charge in [0.1, 0.15) is 0 Å². The van der Waals surface area contributed by atoms with E-state index in [-0.39, 0.29) is 5.33 Å². The highest BCUT2D eigenvalue weighted by molar-refractivity contribution is 9.09. The predicted octanol–water partition coefficient (Wildman–Crippen LogP) is 0.140. The van der Waals surface area contributed by atoms with Gasteiger partial charge in [0, 0.05) is 27.8 Å². The van der Waals surface area contributed by atoms with Crippen LogP contribution in [-0.4, -0.2) is 47.2 Å². The fourth-order valence-electron chi connectivity index (χ4n) is 1.06. The van der Waals surface area contributed by atoms with Crippen LogP contribution in [0.25, 0.3) is 0 Å². The van der Waals surface area contributed by atoms with E-state index in [4.69, 9.17) is 14.2 Å². The molecule has 1 amide bonds. The van der Waals surface area contributed by atoms with Crippen molar-refractivity contribution in [2.24, 2.45) is 0 Å². The number of esters is 3. The number of hydrogen-bond acceptors (Lipinski definition) is 7. The fourth-order valence-corrected chi connectivity index (χ4v) is 1.43. The number of amides is 1. The summed E-state index contributed by atoms with van der Waals surface area (Å²) < 4.78 is 14.1. The number of halogens is 1. The van der Waals surface area contributed by atoms with Gasteiger partial charge in [-0.1, -0.05) is 15.9 Å². The molecule has 0 aromatic heterocycles. The predicted molar refractivity (Wildman–Crippen MR) is 64.6 cm³/mol. The topological polar surface area (TPSA) is 99.2 Å². The van der Waals surface area contributed by atoms with E-state index in [2.05, 4.69) is 15.9 Å². The van der Waals surface area contributed by atoms with Gasteiger partial charge in [-0.25, -0.2) is 4.90 Å². The molecule has 9 heteroatoms. The summed E-state index contributed by atoms with van der Waals surface area (Å²) in [4.78, 5) is 45.5. The third-order valence-electron chi connectivity index (χ3n) is 1.72. The first-order valence-electron chi connectivity index (χ1n) is 5.06. The molecule has 0 aliphatic carbocycles. The largest absolute Gasteiger partial charge is 0.528 e. The van der Waals surface area contributed by atoms with Crippen molar-refractivity contribution in [1.82, 2.24) is 4.90 Å². The highest BCUT2D eigenvalue weighted by Crippen LogP contribution is 2.22. The van der Waals surface area contributed by atoms with Gasteiger partial charge in [-0.2, -0.15) is 0 Å². The maximum absolute atomic E-state index is 11.6. The Balaban J connectivity index is 5.56. The van der Waals surface area contributed by atoms with E-state index in [1.807, 2.05) is 0 Å². The van der Waals surface area contributed by atoms with E-state index in [0.717, 1.165) is 27.8 Å². The van der Waals surface area contributed by atoms with Crippen LogP contribution < -0.4 is 0 Å². The number of nitrogens with zero attached hydrogens (tertiary/aromatic N) is 1.